The third kappa shape index (κ3) is 5.74. The number of thiophene rings is 1. The van der Waals surface area contributed by atoms with Crippen LogP contribution < -0.4 is 20.3 Å². The Bertz CT molecular complexity index is 1250. The lowest BCUT2D eigenvalue weighted by Crippen LogP contribution is -2.33. The predicted molar refractivity (Wildman–Crippen MR) is 130 cm³/mol. The van der Waals surface area contributed by atoms with E-state index in [9.17, 15) is 14.4 Å². The quantitative estimate of drug-likeness (QED) is 0.438. The van der Waals surface area contributed by atoms with Gasteiger partial charge in [-0.2, -0.15) is 0 Å². The first-order chi connectivity index (χ1) is 16.2. The van der Waals surface area contributed by atoms with Gasteiger partial charge in [0.25, 0.3) is 5.56 Å². The zero-order chi connectivity index (χ0) is 24.8. The third-order valence-corrected chi connectivity index (χ3v) is 6.33. The van der Waals surface area contributed by atoms with Crippen LogP contribution in [0.4, 0.5) is 0 Å². The molecule has 0 radical (unpaired) electrons. The van der Waals surface area contributed by atoms with Crippen LogP contribution in [-0.4, -0.2) is 48.8 Å². The normalized spacial score (nSPS) is 11.0. The summed E-state index contributed by atoms with van der Waals surface area (Å²) in [5, 5.41) is 3.15. The summed E-state index contributed by atoms with van der Waals surface area (Å²) in [6, 6.07) is 5.57. The maximum atomic E-state index is 13.0. The number of hydrogen-bond acceptors (Lipinski definition) is 8. The molecule has 2 aromatic heterocycles. The fraction of sp³-hybridized carbons (Fsp3) is 0.417. The highest BCUT2D eigenvalue weighted by Crippen LogP contribution is 2.28. The van der Waals surface area contributed by atoms with Crippen LogP contribution in [0, 0.1) is 12.8 Å². The highest BCUT2D eigenvalue weighted by molar-refractivity contribution is 7.20. The Labute approximate surface area is 201 Å². The minimum Gasteiger partial charge on any atom is -0.493 e. The molecule has 0 spiro atoms. The van der Waals surface area contributed by atoms with Gasteiger partial charge >= 0.3 is 5.97 Å². The summed E-state index contributed by atoms with van der Waals surface area (Å²) in [5.41, 5.74) is 1.13. The molecule has 0 aliphatic carbocycles. The largest absolute Gasteiger partial charge is 0.493 e. The van der Waals surface area contributed by atoms with Gasteiger partial charge in [-0.3, -0.25) is 14.2 Å². The first-order valence-corrected chi connectivity index (χ1v) is 11.7. The van der Waals surface area contributed by atoms with E-state index >= 15 is 0 Å². The van der Waals surface area contributed by atoms with Gasteiger partial charge in [0.15, 0.2) is 11.5 Å². The fourth-order valence-corrected chi connectivity index (χ4v) is 4.40. The van der Waals surface area contributed by atoms with Gasteiger partial charge in [0.1, 0.15) is 16.3 Å². The molecule has 0 fully saturated rings. The molecular weight excluding hydrogens is 458 g/mol. The Balaban J connectivity index is 1.66. The Morgan fingerprint density at radius 3 is 2.59 bits per heavy atom. The number of nitrogens with zero attached hydrogens (tertiary/aromatic N) is 2. The highest BCUT2D eigenvalue weighted by atomic mass is 32.1. The summed E-state index contributed by atoms with van der Waals surface area (Å²) < 4.78 is 17.1. The van der Waals surface area contributed by atoms with Crippen LogP contribution in [0.1, 0.15) is 34.6 Å². The minimum atomic E-state index is -0.465. The Morgan fingerprint density at radius 2 is 1.91 bits per heavy atom. The Hall–Kier alpha value is -3.40. The van der Waals surface area contributed by atoms with Crippen LogP contribution in [-0.2, 0) is 22.5 Å². The number of carbonyl (C=O) groups excluding carboxylic acids is 2. The lowest BCUT2D eigenvalue weighted by Gasteiger charge is -2.10. The molecular formula is C24H29N3O6S. The maximum Gasteiger partial charge on any atom is 0.348 e. The summed E-state index contributed by atoms with van der Waals surface area (Å²) in [4.78, 5) is 42.9. The van der Waals surface area contributed by atoms with Crippen molar-refractivity contribution in [2.24, 2.45) is 5.92 Å². The third-order valence-electron chi connectivity index (χ3n) is 5.15. The first kappa shape index (κ1) is 25.2. The summed E-state index contributed by atoms with van der Waals surface area (Å²) in [5.74, 6) is 0.689. The number of benzene rings is 1. The number of carbonyl (C=O) groups is 2. The molecule has 182 valence electrons. The Morgan fingerprint density at radius 1 is 1.18 bits per heavy atom. The number of amides is 1. The van der Waals surface area contributed by atoms with E-state index < -0.39 is 5.97 Å². The standard InChI is InChI=1S/C24H29N3O6S/c1-14(2)12-33-24(30)21-15(3)20-22(34-21)26-13-27(23(20)29)11-19(28)25-9-8-16-6-7-17(31-4)18(10-16)32-5/h6-7,10,13-14H,8-9,11-12H2,1-5H3,(H,25,28). The number of rotatable bonds is 10. The van der Waals surface area contributed by atoms with E-state index in [1.165, 1.54) is 10.9 Å². The number of aromatic nitrogens is 2. The summed E-state index contributed by atoms with van der Waals surface area (Å²) in [7, 11) is 3.14. The van der Waals surface area contributed by atoms with Crippen LogP contribution >= 0.6 is 11.3 Å². The summed E-state index contributed by atoms with van der Waals surface area (Å²) >= 11 is 1.12. The van der Waals surface area contributed by atoms with E-state index in [4.69, 9.17) is 14.2 Å². The van der Waals surface area contributed by atoms with E-state index in [1.807, 2.05) is 32.0 Å². The molecule has 3 rings (SSSR count). The lowest BCUT2D eigenvalue weighted by atomic mass is 10.1. The molecule has 1 aromatic carbocycles. The van der Waals surface area contributed by atoms with Crippen molar-refractivity contribution in [2.45, 2.75) is 33.7 Å². The molecule has 0 aliphatic heterocycles. The van der Waals surface area contributed by atoms with Crippen LogP contribution in [0.25, 0.3) is 10.2 Å². The summed E-state index contributed by atoms with van der Waals surface area (Å²) in [6.07, 6.45) is 1.92. The second-order valence-corrected chi connectivity index (χ2v) is 9.19. The lowest BCUT2D eigenvalue weighted by molar-refractivity contribution is -0.121. The molecule has 34 heavy (non-hydrogen) atoms. The van der Waals surface area contributed by atoms with Crippen molar-refractivity contribution in [1.82, 2.24) is 14.9 Å². The van der Waals surface area contributed by atoms with Gasteiger partial charge in [-0.25, -0.2) is 9.78 Å². The average molecular weight is 488 g/mol. The molecule has 9 nitrogen and oxygen atoms in total. The second-order valence-electron chi connectivity index (χ2n) is 8.20. The van der Waals surface area contributed by atoms with Crippen molar-refractivity contribution in [2.75, 3.05) is 27.4 Å². The van der Waals surface area contributed by atoms with E-state index in [-0.39, 0.29) is 23.9 Å². The number of aryl methyl sites for hydroxylation is 1. The van der Waals surface area contributed by atoms with Crippen LogP contribution in [0.3, 0.4) is 0 Å². The monoisotopic (exact) mass is 487 g/mol. The number of fused-ring (bicyclic) bond motifs is 1. The molecule has 0 bridgehead atoms. The van der Waals surface area contributed by atoms with Gasteiger partial charge in [0.05, 0.1) is 32.5 Å². The number of esters is 1. The van der Waals surface area contributed by atoms with E-state index in [2.05, 4.69) is 10.3 Å². The molecule has 3 aromatic rings. The van der Waals surface area contributed by atoms with Gasteiger partial charge in [-0.1, -0.05) is 19.9 Å². The molecule has 2 heterocycles. The molecule has 0 saturated carbocycles. The highest BCUT2D eigenvalue weighted by Gasteiger charge is 2.21. The molecule has 0 atom stereocenters. The molecule has 0 saturated heterocycles. The number of methoxy groups -OCH3 is 2. The van der Waals surface area contributed by atoms with Crippen LogP contribution in [0.5, 0.6) is 11.5 Å². The van der Waals surface area contributed by atoms with Crippen LogP contribution in [0.2, 0.25) is 0 Å². The van der Waals surface area contributed by atoms with Crippen molar-refractivity contribution in [3.63, 3.8) is 0 Å². The van der Waals surface area contributed by atoms with Gasteiger partial charge < -0.3 is 19.5 Å². The molecule has 10 heteroatoms. The van der Waals surface area contributed by atoms with Gasteiger partial charge in [-0.05, 0) is 42.5 Å². The van der Waals surface area contributed by atoms with E-state index in [1.54, 1.807) is 21.1 Å². The van der Waals surface area contributed by atoms with Crippen molar-refractivity contribution >= 4 is 33.4 Å². The zero-order valence-electron chi connectivity index (χ0n) is 20.0. The number of ether oxygens (including phenoxy) is 3. The molecule has 0 unspecified atom stereocenters. The van der Waals surface area contributed by atoms with Crippen LogP contribution in [0.15, 0.2) is 29.3 Å². The first-order valence-electron chi connectivity index (χ1n) is 10.9. The smallest absolute Gasteiger partial charge is 0.348 e. The van der Waals surface area contributed by atoms with Crippen molar-refractivity contribution < 1.29 is 23.8 Å². The van der Waals surface area contributed by atoms with E-state index in [0.717, 1.165) is 16.9 Å². The minimum absolute atomic E-state index is 0.171. The van der Waals surface area contributed by atoms with Crippen molar-refractivity contribution in [1.29, 1.82) is 0 Å². The molecule has 1 amide bonds. The zero-order valence-corrected chi connectivity index (χ0v) is 20.8. The SMILES string of the molecule is COc1ccc(CCNC(=O)Cn2cnc3sc(C(=O)OCC(C)C)c(C)c3c2=O)cc1OC. The maximum absolute atomic E-state index is 13.0. The number of nitrogens with one attached hydrogen (secondary N) is 1. The average Bonchev–Trinajstić information content (AvgIpc) is 3.16. The second kappa shape index (κ2) is 11.1. The summed E-state index contributed by atoms with van der Waals surface area (Å²) in [6.45, 7) is 6.11. The van der Waals surface area contributed by atoms with Gasteiger partial charge in [-0.15, -0.1) is 11.3 Å². The Kier molecular flexibility index (Phi) is 8.27. The van der Waals surface area contributed by atoms with Crippen molar-refractivity contribution in [3.8, 4) is 11.5 Å². The molecule has 0 aliphatic rings. The van der Waals surface area contributed by atoms with Gasteiger partial charge in [0, 0.05) is 6.54 Å². The fourth-order valence-electron chi connectivity index (χ4n) is 3.37. The predicted octanol–water partition coefficient (Wildman–Crippen LogP) is 2.96. The molecule has 1 N–H and O–H groups in total. The van der Waals surface area contributed by atoms with Crippen molar-refractivity contribution in [3.05, 3.63) is 50.9 Å². The number of hydrogen-bond donors (Lipinski definition) is 1. The van der Waals surface area contributed by atoms with E-state index in [0.29, 0.717) is 51.7 Å². The van der Waals surface area contributed by atoms with Gasteiger partial charge in [0.2, 0.25) is 5.91 Å². The topological polar surface area (TPSA) is 109 Å².